The van der Waals surface area contributed by atoms with E-state index in [0.29, 0.717) is 23.9 Å². The highest BCUT2D eigenvalue weighted by Crippen LogP contribution is 2.46. The van der Waals surface area contributed by atoms with Crippen LogP contribution in [0, 0.1) is 6.92 Å². The third-order valence-electron chi connectivity index (χ3n) is 2.73. The molecule has 0 radical (unpaired) electrons. The number of nitrogens with zero attached hydrogens (tertiary/aromatic N) is 3. The number of aryl methyl sites for hydroxylation is 3. The lowest BCUT2D eigenvalue weighted by atomic mass is 10.2. The highest BCUT2D eigenvalue weighted by atomic mass is 80.0. The molecule has 0 saturated heterocycles. The van der Waals surface area contributed by atoms with Crippen LogP contribution in [0.4, 0.5) is 0 Å². The van der Waals surface area contributed by atoms with Crippen molar-refractivity contribution in [1.29, 1.82) is 0 Å². The molecule has 0 atom stereocenters. The largest absolute Gasteiger partial charge is 0.469 e. The molecule has 2 rings (SSSR count). The minimum atomic E-state index is -0.710. The molecule has 0 bridgehead atoms. The Hall–Kier alpha value is 1.17. The van der Waals surface area contributed by atoms with Crippen LogP contribution in [0.2, 0.25) is 0 Å². The molecule has 22 heavy (non-hydrogen) atoms. The summed E-state index contributed by atoms with van der Waals surface area (Å²) in [5, 5.41) is 0. The molecule has 0 spiro atoms. The van der Waals surface area contributed by atoms with E-state index in [1.54, 1.807) is 6.26 Å². The lowest BCUT2D eigenvalue weighted by Crippen LogP contribution is -2.17. The fourth-order valence-electron chi connectivity index (χ4n) is 1.67. The van der Waals surface area contributed by atoms with Crippen LogP contribution in [0.5, 0.6) is 0 Å². The maximum Gasteiger partial charge on any atom is 0.194 e. The second-order valence-electron chi connectivity index (χ2n) is 4.42. The van der Waals surface area contributed by atoms with E-state index >= 15 is 0 Å². The van der Waals surface area contributed by atoms with Gasteiger partial charge in [0, 0.05) is 12.8 Å². The van der Waals surface area contributed by atoms with Crippen LogP contribution in [0.25, 0.3) is 0 Å². The fourth-order valence-corrected chi connectivity index (χ4v) is 2.73. The molecule has 0 unspecified atom stereocenters. The predicted octanol–water partition coefficient (Wildman–Crippen LogP) is 6.15. The molecule has 4 nitrogen and oxygen atoms in total. The van der Waals surface area contributed by atoms with Crippen molar-refractivity contribution >= 4 is 95.6 Å². The smallest absolute Gasteiger partial charge is 0.194 e. The summed E-state index contributed by atoms with van der Waals surface area (Å²) in [7, 11) is 0. The maximum absolute atomic E-state index is 5.45. The number of halogens is 6. The molecular weight excluding hydrogens is 682 g/mol. The standard InChI is InChI=1S/C12H9Br6N3O/c1-6-4-5-22-7(6)2-3-8-19-9(11(13,14)15)21-10(20-8)12(16,17)18/h4-5H,2-3H2,1H3. The van der Waals surface area contributed by atoms with Gasteiger partial charge in [-0.2, -0.15) is 0 Å². The molecule has 0 aliphatic heterocycles. The van der Waals surface area contributed by atoms with Crippen molar-refractivity contribution in [2.24, 2.45) is 0 Å². The minimum absolute atomic E-state index is 0.520. The third kappa shape index (κ3) is 5.34. The maximum atomic E-state index is 5.45. The Bertz CT molecular complexity index is 629. The highest BCUT2D eigenvalue weighted by molar-refractivity contribution is 9.39. The van der Waals surface area contributed by atoms with Crippen molar-refractivity contribution in [3.63, 3.8) is 0 Å². The quantitative estimate of drug-likeness (QED) is 0.363. The summed E-state index contributed by atoms with van der Waals surface area (Å²) in [6.45, 7) is 2.02. The Kier molecular flexibility index (Phi) is 6.73. The van der Waals surface area contributed by atoms with Gasteiger partial charge in [0.25, 0.3) is 0 Å². The first-order valence-electron chi connectivity index (χ1n) is 5.99. The molecule has 120 valence electrons. The van der Waals surface area contributed by atoms with Gasteiger partial charge in [-0.05, 0) is 18.6 Å². The molecule has 0 saturated carbocycles. The second kappa shape index (κ2) is 7.59. The zero-order valence-electron chi connectivity index (χ0n) is 11.1. The first-order valence-corrected chi connectivity index (χ1v) is 10.8. The van der Waals surface area contributed by atoms with E-state index in [1.165, 1.54) is 0 Å². The van der Waals surface area contributed by atoms with Crippen LogP contribution in [-0.2, 0) is 17.1 Å². The molecule has 2 aromatic rings. The number of alkyl halides is 6. The summed E-state index contributed by atoms with van der Waals surface area (Å²) >= 11 is 20.6. The highest BCUT2D eigenvalue weighted by Gasteiger charge is 2.31. The van der Waals surface area contributed by atoms with E-state index in [2.05, 4.69) is 111 Å². The van der Waals surface area contributed by atoms with Crippen molar-refractivity contribution in [1.82, 2.24) is 15.0 Å². The Morgan fingerprint density at radius 1 is 0.909 bits per heavy atom. The topological polar surface area (TPSA) is 51.8 Å². The summed E-state index contributed by atoms with van der Waals surface area (Å²) in [5.74, 6) is 2.65. The Morgan fingerprint density at radius 3 is 1.86 bits per heavy atom. The number of hydrogen-bond acceptors (Lipinski definition) is 4. The summed E-state index contributed by atoms with van der Waals surface area (Å²) in [6.07, 6.45) is 3.06. The van der Waals surface area contributed by atoms with Gasteiger partial charge in [0.05, 0.1) is 6.26 Å². The Morgan fingerprint density at radius 2 is 1.45 bits per heavy atom. The van der Waals surface area contributed by atoms with Crippen LogP contribution in [0.3, 0.4) is 0 Å². The van der Waals surface area contributed by atoms with E-state index in [0.717, 1.165) is 17.7 Å². The van der Waals surface area contributed by atoms with Gasteiger partial charge in [-0.3, -0.25) is 0 Å². The number of aromatic nitrogens is 3. The van der Waals surface area contributed by atoms with Crippen molar-refractivity contribution in [2.75, 3.05) is 0 Å². The minimum Gasteiger partial charge on any atom is -0.469 e. The van der Waals surface area contributed by atoms with E-state index in [1.807, 2.05) is 13.0 Å². The normalized spacial score (nSPS) is 12.7. The molecule has 0 fully saturated rings. The molecule has 0 aromatic carbocycles. The predicted molar refractivity (Wildman–Crippen MR) is 108 cm³/mol. The van der Waals surface area contributed by atoms with E-state index in [4.69, 9.17) is 4.42 Å². The van der Waals surface area contributed by atoms with Crippen LogP contribution in [0.1, 0.15) is 28.8 Å². The van der Waals surface area contributed by atoms with Crippen LogP contribution < -0.4 is 0 Å². The van der Waals surface area contributed by atoms with E-state index in [9.17, 15) is 0 Å². The van der Waals surface area contributed by atoms with Crippen molar-refractivity contribution in [2.45, 2.75) is 24.1 Å². The van der Waals surface area contributed by atoms with Gasteiger partial charge in [-0.15, -0.1) is 0 Å². The first kappa shape index (κ1) is 19.5. The molecule has 0 aliphatic rings. The monoisotopic (exact) mass is 685 g/mol. The van der Waals surface area contributed by atoms with Gasteiger partial charge >= 0.3 is 0 Å². The average molecular weight is 691 g/mol. The SMILES string of the molecule is Cc1ccoc1CCc1nc(C(Br)(Br)Br)nc(C(Br)(Br)Br)n1. The lowest BCUT2D eigenvalue weighted by molar-refractivity contribution is 0.503. The number of hydrogen-bond donors (Lipinski definition) is 0. The zero-order chi connectivity index (χ0) is 16.5. The Labute approximate surface area is 178 Å². The van der Waals surface area contributed by atoms with Gasteiger partial charge in [0.1, 0.15) is 11.6 Å². The molecule has 0 amide bonds. The second-order valence-corrected chi connectivity index (χ2v) is 17.9. The number of furan rings is 1. The molecule has 0 N–H and O–H groups in total. The van der Waals surface area contributed by atoms with Gasteiger partial charge in [0.15, 0.2) is 15.9 Å². The molecule has 2 aromatic heterocycles. The zero-order valence-corrected chi connectivity index (χ0v) is 20.6. The number of rotatable bonds is 3. The summed E-state index contributed by atoms with van der Waals surface area (Å²) in [6, 6.07) is 1.94. The molecular formula is C12H9Br6N3O. The van der Waals surface area contributed by atoms with Crippen LogP contribution >= 0.6 is 95.6 Å². The first-order chi connectivity index (χ1) is 10.1. The summed E-state index contributed by atoms with van der Waals surface area (Å²) in [4.78, 5) is 13.4. The third-order valence-corrected chi connectivity index (χ3v) is 4.86. The van der Waals surface area contributed by atoms with Gasteiger partial charge in [0.2, 0.25) is 0 Å². The van der Waals surface area contributed by atoms with Crippen molar-refractivity contribution in [3.05, 3.63) is 41.1 Å². The Balaban J connectivity index is 2.32. The van der Waals surface area contributed by atoms with Crippen molar-refractivity contribution in [3.8, 4) is 0 Å². The lowest BCUT2D eigenvalue weighted by Gasteiger charge is -2.16. The molecule has 10 heteroatoms. The van der Waals surface area contributed by atoms with Crippen molar-refractivity contribution < 1.29 is 4.42 Å². The van der Waals surface area contributed by atoms with E-state index < -0.39 is 4.29 Å². The molecule has 2 heterocycles. The fraction of sp³-hybridized carbons (Fsp3) is 0.417. The average Bonchev–Trinajstić information content (AvgIpc) is 2.79. The van der Waals surface area contributed by atoms with E-state index in [-0.39, 0.29) is 0 Å². The van der Waals surface area contributed by atoms with Gasteiger partial charge in [-0.1, -0.05) is 95.6 Å². The van der Waals surface area contributed by atoms with Gasteiger partial charge < -0.3 is 4.42 Å². The van der Waals surface area contributed by atoms with Crippen LogP contribution in [0.15, 0.2) is 16.7 Å². The molecule has 0 aliphatic carbocycles. The van der Waals surface area contributed by atoms with Gasteiger partial charge in [-0.25, -0.2) is 15.0 Å². The van der Waals surface area contributed by atoms with Crippen LogP contribution in [-0.4, -0.2) is 15.0 Å². The summed E-state index contributed by atoms with van der Waals surface area (Å²) < 4.78 is 4.03. The summed E-state index contributed by atoms with van der Waals surface area (Å²) in [5.41, 5.74) is 1.13.